The zero-order valence-corrected chi connectivity index (χ0v) is 22.0. The molecule has 3 N–H and O–H groups in total. The number of aliphatic hydroxyl groups is 1. The molecule has 4 rings (SSSR count). The second kappa shape index (κ2) is 11.9. The normalized spacial score (nSPS) is 14.3. The first kappa shape index (κ1) is 28.9. The fourth-order valence-corrected chi connectivity index (χ4v) is 4.69. The van der Waals surface area contributed by atoms with Crippen molar-refractivity contribution in [3.05, 3.63) is 53.3 Å². The number of amides is 3. The van der Waals surface area contributed by atoms with E-state index in [1.807, 2.05) is 6.92 Å². The van der Waals surface area contributed by atoms with Gasteiger partial charge in [0.05, 0.1) is 16.8 Å². The topological polar surface area (TPSA) is 126 Å². The molecule has 10 nitrogen and oxygen atoms in total. The number of nitrogens with zero attached hydrogens (tertiary/aromatic N) is 3. The van der Waals surface area contributed by atoms with Gasteiger partial charge in [0.2, 0.25) is 5.91 Å². The summed E-state index contributed by atoms with van der Waals surface area (Å²) in [7, 11) is 1.51. The zero-order chi connectivity index (χ0) is 29.0. The number of carbonyl (C=O) groups is 3. The Bertz CT molecular complexity index is 1400. The maximum absolute atomic E-state index is 13.4. The number of alkyl halides is 3. The van der Waals surface area contributed by atoms with Gasteiger partial charge in [-0.2, -0.15) is 13.2 Å². The van der Waals surface area contributed by atoms with Gasteiger partial charge in [0, 0.05) is 31.7 Å². The number of benzene rings is 1. The average Bonchev–Trinajstić information content (AvgIpc) is 3.21. The molecule has 3 aromatic rings. The van der Waals surface area contributed by atoms with Crippen molar-refractivity contribution in [1.29, 1.82) is 0 Å². The number of aliphatic hydroxyl groups excluding tert-OH is 1. The molecule has 3 amide bonds. The van der Waals surface area contributed by atoms with Crippen molar-refractivity contribution < 1.29 is 37.4 Å². The lowest BCUT2D eigenvalue weighted by atomic mass is 10.0. The minimum Gasteiger partial charge on any atom is -0.481 e. The molecular weight excluding hydrogens is 531 g/mol. The SMILES string of the molecule is CCc1nc2c(cc1NC(=O)c1ccccc1)c(OCC(F)(F)F)c(C(=O)NC1CCN(C(=O)CO)CC1)n2C. The Morgan fingerprint density at radius 3 is 2.40 bits per heavy atom. The second-order valence-electron chi connectivity index (χ2n) is 9.45. The van der Waals surface area contributed by atoms with Crippen molar-refractivity contribution in [3.8, 4) is 5.75 Å². The molecule has 1 aliphatic heterocycles. The molecule has 1 aliphatic rings. The molecular formula is C27H30F3N5O5. The number of ether oxygens (including phenoxy) is 1. The van der Waals surface area contributed by atoms with Crippen LogP contribution in [0.3, 0.4) is 0 Å². The minimum absolute atomic E-state index is 0.140. The molecule has 3 heterocycles. The summed E-state index contributed by atoms with van der Waals surface area (Å²) < 4.78 is 46.1. The van der Waals surface area contributed by atoms with E-state index in [0.29, 0.717) is 49.3 Å². The highest BCUT2D eigenvalue weighted by Gasteiger charge is 2.33. The molecule has 0 unspecified atom stereocenters. The number of hydrogen-bond acceptors (Lipinski definition) is 6. The summed E-state index contributed by atoms with van der Waals surface area (Å²) in [6.45, 7) is 0.228. The Labute approximate surface area is 228 Å². The standard InChI is InChI=1S/C27H30F3N5O5/c1-3-19-20(33-25(38)16-7-5-4-6-8-16)13-18-23(40-15-27(28,29)30)22(34(2)24(18)32-19)26(39)31-17-9-11-35(12-10-17)21(37)14-36/h4-8,13,17,36H,3,9-12,14-15H2,1-2H3,(H,31,39)(H,33,38). The Balaban J connectivity index is 1.69. The van der Waals surface area contributed by atoms with Gasteiger partial charge in [-0.3, -0.25) is 14.4 Å². The van der Waals surface area contributed by atoms with Crippen molar-refractivity contribution in [2.75, 3.05) is 31.6 Å². The molecule has 0 bridgehead atoms. The number of pyridine rings is 1. The Hall–Kier alpha value is -4.13. The quantitative estimate of drug-likeness (QED) is 0.388. The van der Waals surface area contributed by atoms with Crippen LogP contribution in [-0.2, 0) is 18.3 Å². The Kier molecular flexibility index (Phi) is 8.62. The van der Waals surface area contributed by atoms with Crippen LogP contribution in [-0.4, -0.2) is 75.8 Å². The molecule has 40 heavy (non-hydrogen) atoms. The number of piperidine rings is 1. The summed E-state index contributed by atoms with van der Waals surface area (Å²) in [5.74, 6) is -1.79. The first-order valence-electron chi connectivity index (χ1n) is 12.8. The summed E-state index contributed by atoms with van der Waals surface area (Å²) in [6.07, 6.45) is -3.44. The molecule has 2 aromatic heterocycles. The monoisotopic (exact) mass is 561 g/mol. The van der Waals surface area contributed by atoms with Crippen LogP contribution in [0.5, 0.6) is 5.75 Å². The maximum Gasteiger partial charge on any atom is 0.422 e. The van der Waals surface area contributed by atoms with E-state index in [9.17, 15) is 27.6 Å². The van der Waals surface area contributed by atoms with Gasteiger partial charge in [-0.1, -0.05) is 25.1 Å². The van der Waals surface area contributed by atoms with E-state index in [2.05, 4.69) is 15.6 Å². The highest BCUT2D eigenvalue weighted by Crippen LogP contribution is 2.36. The number of fused-ring (bicyclic) bond motifs is 1. The van der Waals surface area contributed by atoms with E-state index in [1.165, 1.54) is 22.6 Å². The molecule has 13 heteroatoms. The van der Waals surface area contributed by atoms with E-state index in [4.69, 9.17) is 9.84 Å². The van der Waals surface area contributed by atoms with Crippen molar-refractivity contribution >= 4 is 34.4 Å². The summed E-state index contributed by atoms with van der Waals surface area (Å²) >= 11 is 0. The third kappa shape index (κ3) is 6.36. The van der Waals surface area contributed by atoms with Crippen LogP contribution in [0.15, 0.2) is 36.4 Å². The first-order chi connectivity index (χ1) is 19.0. The zero-order valence-electron chi connectivity index (χ0n) is 22.0. The van der Waals surface area contributed by atoms with Crippen molar-refractivity contribution in [2.45, 2.75) is 38.4 Å². The van der Waals surface area contributed by atoms with Crippen LogP contribution >= 0.6 is 0 Å². The number of halogens is 3. The lowest BCUT2D eigenvalue weighted by Gasteiger charge is -2.32. The van der Waals surface area contributed by atoms with Crippen LogP contribution in [0.4, 0.5) is 18.9 Å². The molecule has 1 fully saturated rings. The van der Waals surface area contributed by atoms with Gasteiger partial charge in [-0.15, -0.1) is 0 Å². The van der Waals surface area contributed by atoms with Crippen LogP contribution < -0.4 is 15.4 Å². The van der Waals surface area contributed by atoms with Crippen molar-refractivity contribution in [2.24, 2.45) is 7.05 Å². The van der Waals surface area contributed by atoms with Gasteiger partial charge in [-0.25, -0.2) is 4.98 Å². The molecule has 1 saturated heterocycles. The summed E-state index contributed by atoms with van der Waals surface area (Å²) in [6, 6.07) is 9.56. The van der Waals surface area contributed by atoms with Gasteiger partial charge in [-0.05, 0) is 37.5 Å². The lowest BCUT2D eigenvalue weighted by molar-refractivity contribution is -0.153. The largest absolute Gasteiger partial charge is 0.481 e. The van der Waals surface area contributed by atoms with E-state index in [1.54, 1.807) is 30.3 Å². The second-order valence-corrected chi connectivity index (χ2v) is 9.45. The number of anilines is 1. The van der Waals surface area contributed by atoms with Gasteiger partial charge in [0.15, 0.2) is 18.1 Å². The van der Waals surface area contributed by atoms with Gasteiger partial charge >= 0.3 is 6.18 Å². The molecule has 0 radical (unpaired) electrons. The van der Waals surface area contributed by atoms with E-state index in [0.717, 1.165) is 0 Å². The Morgan fingerprint density at radius 1 is 1.12 bits per heavy atom. The number of nitrogens with one attached hydrogen (secondary N) is 2. The molecule has 0 spiro atoms. The van der Waals surface area contributed by atoms with Crippen LogP contribution in [0, 0.1) is 0 Å². The number of rotatable bonds is 8. The predicted molar refractivity (Wildman–Crippen MR) is 140 cm³/mol. The highest BCUT2D eigenvalue weighted by atomic mass is 19.4. The fourth-order valence-electron chi connectivity index (χ4n) is 4.69. The predicted octanol–water partition coefficient (Wildman–Crippen LogP) is 3.04. The van der Waals surface area contributed by atoms with Crippen LogP contribution in [0.2, 0.25) is 0 Å². The number of likely N-dealkylation sites (tertiary alicyclic amines) is 1. The Morgan fingerprint density at radius 2 is 1.80 bits per heavy atom. The van der Waals surface area contributed by atoms with Crippen molar-refractivity contribution in [3.63, 3.8) is 0 Å². The van der Waals surface area contributed by atoms with Gasteiger partial charge < -0.3 is 29.9 Å². The molecule has 0 atom stereocenters. The molecule has 1 aromatic carbocycles. The third-order valence-corrected chi connectivity index (χ3v) is 6.73. The van der Waals surface area contributed by atoms with Crippen LogP contribution in [0.25, 0.3) is 11.0 Å². The molecule has 0 saturated carbocycles. The maximum atomic E-state index is 13.4. The number of aryl methyl sites for hydroxylation is 2. The molecule has 0 aliphatic carbocycles. The number of hydrogen-bond donors (Lipinski definition) is 3. The summed E-state index contributed by atoms with van der Waals surface area (Å²) in [5, 5.41) is 14.8. The minimum atomic E-state index is -4.66. The first-order valence-corrected chi connectivity index (χ1v) is 12.8. The van der Waals surface area contributed by atoms with Crippen molar-refractivity contribution in [1.82, 2.24) is 19.8 Å². The third-order valence-electron chi connectivity index (χ3n) is 6.73. The van der Waals surface area contributed by atoms with E-state index in [-0.39, 0.29) is 28.5 Å². The smallest absolute Gasteiger partial charge is 0.422 e. The van der Waals surface area contributed by atoms with E-state index < -0.39 is 37.1 Å². The number of aromatic nitrogens is 2. The molecule has 214 valence electrons. The van der Waals surface area contributed by atoms with Gasteiger partial charge in [0.1, 0.15) is 12.3 Å². The van der Waals surface area contributed by atoms with E-state index >= 15 is 0 Å². The number of carbonyl (C=O) groups excluding carboxylic acids is 3. The lowest BCUT2D eigenvalue weighted by Crippen LogP contribution is -2.47. The summed E-state index contributed by atoms with van der Waals surface area (Å²) in [5.41, 5.74) is 1.24. The summed E-state index contributed by atoms with van der Waals surface area (Å²) in [4.78, 5) is 44.0. The van der Waals surface area contributed by atoms with Gasteiger partial charge in [0.25, 0.3) is 11.8 Å². The highest BCUT2D eigenvalue weighted by molar-refractivity contribution is 6.07. The average molecular weight is 562 g/mol. The van der Waals surface area contributed by atoms with Crippen LogP contribution in [0.1, 0.15) is 46.3 Å². The fraction of sp³-hybridized carbons (Fsp3) is 0.407.